The Kier molecular flexibility index (Phi) is 5.77. The number of hydrogen-bond acceptors (Lipinski definition) is 4. The number of benzene rings is 2. The molecule has 7 heteroatoms. The van der Waals surface area contributed by atoms with Gasteiger partial charge in [0.05, 0.1) is 18.2 Å². The first-order chi connectivity index (χ1) is 16.1. The summed E-state index contributed by atoms with van der Waals surface area (Å²) < 4.78 is 13.6. The number of nitrogens with one attached hydrogen (secondary N) is 3. The molecule has 5 rings (SSSR count). The lowest BCUT2D eigenvalue weighted by Crippen LogP contribution is -2.32. The van der Waals surface area contributed by atoms with E-state index in [9.17, 15) is 9.18 Å². The van der Waals surface area contributed by atoms with Crippen molar-refractivity contribution in [3.05, 3.63) is 89.3 Å². The van der Waals surface area contributed by atoms with Gasteiger partial charge in [-0.1, -0.05) is 30.3 Å². The fraction of sp³-hybridized carbons (Fsp3) is 0.269. The van der Waals surface area contributed by atoms with E-state index in [1.165, 1.54) is 12.1 Å². The van der Waals surface area contributed by atoms with Crippen molar-refractivity contribution in [1.82, 2.24) is 20.3 Å². The zero-order valence-corrected chi connectivity index (χ0v) is 18.4. The van der Waals surface area contributed by atoms with Crippen molar-refractivity contribution >= 4 is 22.6 Å². The molecule has 1 aliphatic rings. The highest BCUT2D eigenvalue weighted by Gasteiger charge is 2.29. The Balaban J connectivity index is 1.46. The van der Waals surface area contributed by atoms with Crippen LogP contribution in [0.3, 0.4) is 0 Å². The van der Waals surface area contributed by atoms with Gasteiger partial charge < -0.3 is 15.6 Å². The summed E-state index contributed by atoms with van der Waals surface area (Å²) in [5.41, 5.74) is 3.55. The van der Waals surface area contributed by atoms with Crippen molar-refractivity contribution in [2.45, 2.75) is 37.6 Å². The summed E-state index contributed by atoms with van der Waals surface area (Å²) in [6, 6.07) is 15.8. The van der Waals surface area contributed by atoms with Crippen LogP contribution in [0.15, 0.2) is 60.8 Å². The highest BCUT2D eigenvalue weighted by Crippen LogP contribution is 2.39. The van der Waals surface area contributed by atoms with Crippen LogP contribution in [0.2, 0.25) is 0 Å². The minimum Gasteiger partial charge on any atom is -0.373 e. The first kappa shape index (κ1) is 21.1. The average Bonchev–Trinajstić information content (AvgIpc) is 3.60. The lowest BCUT2D eigenvalue weighted by Gasteiger charge is -2.20. The van der Waals surface area contributed by atoms with Crippen molar-refractivity contribution in [2.75, 3.05) is 12.4 Å². The van der Waals surface area contributed by atoms with E-state index in [1.807, 2.05) is 37.5 Å². The van der Waals surface area contributed by atoms with Crippen LogP contribution in [0.1, 0.15) is 47.4 Å². The molecule has 0 bridgehead atoms. The Hall–Kier alpha value is -3.74. The number of carbonyl (C=O) groups excluding carboxylic acids is 1. The number of rotatable bonds is 8. The van der Waals surface area contributed by atoms with Gasteiger partial charge in [-0.3, -0.25) is 4.79 Å². The maximum Gasteiger partial charge on any atom is 0.224 e. The van der Waals surface area contributed by atoms with Crippen LogP contribution in [0.25, 0.3) is 10.9 Å². The van der Waals surface area contributed by atoms with Crippen molar-refractivity contribution in [2.24, 2.45) is 0 Å². The Morgan fingerprint density at radius 1 is 1.15 bits per heavy atom. The first-order valence-corrected chi connectivity index (χ1v) is 11.2. The Morgan fingerprint density at radius 3 is 2.79 bits per heavy atom. The molecule has 4 aromatic rings. The number of nitrogens with zero attached hydrogens (tertiary/aromatic N) is 2. The summed E-state index contributed by atoms with van der Waals surface area (Å²) >= 11 is 0. The third-order valence-corrected chi connectivity index (χ3v) is 6.01. The van der Waals surface area contributed by atoms with Crippen molar-refractivity contribution in [3.63, 3.8) is 0 Å². The van der Waals surface area contributed by atoms with Gasteiger partial charge in [-0.15, -0.1) is 0 Å². The van der Waals surface area contributed by atoms with Crippen molar-refractivity contribution in [3.8, 4) is 0 Å². The quantitative estimate of drug-likeness (QED) is 0.370. The molecule has 1 atom stereocenters. The number of para-hydroxylation sites is 1. The molecule has 1 aliphatic carbocycles. The van der Waals surface area contributed by atoms with Crippen LogP contribution >= 0.6 is 0 Å². The van der Waals surface area contributed by atoms with Crippen LogP contribution in [0.4, 0.5) is 10.2 Å². The molecule has 2 aromatic carbocycles. The standard InChI is InChI=1S/C26H26FN5O/c1-28-24-14-23(31-26(32-24)17-9-10-17)22(13-18-15-29-21-8-3-2-7-20(18)21)30-25(33)12-16-5-4-6-19(27)11-16/h2-8,11,14-15,17,22,29H,9-10,12-13H2,1H3,(H,30,33)(H,28,31,32)/t22-/m1/s1. The molecular weight excluding hydrogens is 417 g/mol. The van der Waals surface area contributed by atoms with Crippen molar-refractivity contribution in [1.29, 1.82) is 0 Å². The van der Waals surface area contributed by atoms with Crippen molar-refractivity contribution < 1.29 is 9.18 Å². The van der Waals surface area contributed by atoms with Gasteiger partial charge in [0.2, 0.25) is 5.91 Å². The molecule has 1 saturated carbocycles. The first-order valence-electron chi connectivity index (χ1n) is 11.2. The number of carbonyl (C=O) groups is 1. The van der Waals surface area contributed by atoms with E-state index in [4.69, 9.17) is 4.98 Å². The summed E-state index contributed by atoms with van der Waals surface area (Å²) in [6.07, 6.45) is 4.83. The monoisotopic (exact) mass is 443 g/mol. The second kappa shape index (κ2) is 9.02. The molecule has 1 fully saturated rings. The number of amides is 1. The Morgan fingerprint density at radius 2 is 2.00 bits per heavy atom. The third kappa shape index (κ3) is 4.87. The number of H-pyrrole nitrogens is 1. The highest BCUT2D eigenvalue weighted by molar-refractivity contribution is 5.83. The second-order valence-corrected chi connectivity index (χ2v) is 8.55. The van der Waals surface area contributed by atoms with E-state index in [0.717, 1.165) is 46.6 Å². The van der Waals surface area contributed by atoms with Crippen LogP contribution < -0.4 is 10.6 Å². The highest BCUT2D eigenvalue weighted by atomic mass is 19.1. The molecule has 2 heterocycles. The molecule has 0 spiro atoms. The molecule has 0 unspecified atom stereocenters. The summed E-state index contributed by atoms with van der Waals surface area (Å²) in [7, 11) is 1.83. The summed E-state index contributed by atoms with van der Waals surface area (Å²) in [5.74, 6) is 1.42. The lowest BCUT2D eigenvalue weighted by atomic mass is 10.0. The molecular formula is C26H26FN5O. The Bertz CT molecular complexity index is 1300. The van der Waals surface area contributed by atoms with E-state index in [1.54, 1.807) is 12.1 Å². The summed E-state index contributed by atoms with van der Waals surface area (Å²) in [5, 5.41) is 7.39. The van der Waals surface area contributed by atoms with E-state index in [2.05, 4.69) is 26.7 Å². The smallest absolute Gasteiger partial charge is 0.224 e. The lowest BCUT2D eigenvalue weighted by molar-refractivity contribution is -0.121. The fourth-order valence-corrected chi connectivity index (χ4v) is 4.14. The molecule has 1 amide bonds. The minimum atomic E-state index is -0.349. The molecule has 33 heavy (non-hydrogen) atoms. The predicted molar refractivity (Wildman–Crippen MR) is 127 cm³/mol. The molecule has 0 aliphatic heterocycles. The third-order valence-electron chi connectivity index (χ3n) is 6.01. The van der Waals surface area contributed by atoms with Crippen LogP contribution in [-0.4, -0.2) is 27.9 Å². The second-order valence-electron chi connectivity index (χ2n) is 8.55. The van der Waals surface area contributed by atoms with E-state index in [0.29, 0.717) is 17.9 Å². The van der Waals surface area contributed by atoms with Gasteiger partial charge in [-0.2, -0.15) is 0 Å². The molecule has 6 nitrogen and oxygen atoms in total. The maximum atomic E-state index is 13.6. The van der Waals surface area contributed by atoms with E-state index >= 15 is 0 Å². The predicted octanol–water partition coefficient (Wildman–Crippen LogP) is 4.66. The summed E-state index contributed by atoms with van der Waals surface area (Å²) in [4.78, 5) is 25.8. The van der Waals surface area contributed by atoms with Gasteiger partial charge in [-0.05, 0) is 42.2 Å². The molecule has 2 aromatic heterocycles. The topological polar surface area (TPSA) is 82.7 Å². The van der Waals surface area contributed by atoms with Gasteiger partial charge in [0.25, 0.3) is 0 Å². The molecule has 0 saturated heterocycles. The van der Waals surface area contributed by atoms with Crippen LogP contribution in [0, 0.1) is 5.82 Å². The summed E-state index contributed by atoms with van der Waals surface area (Å²) in [6.45, 7) is 0. The zero-order valence-electron chi connectivity index (χ0n) is 18.4. The SMILES string of the molecule is CNc1cc([C@@H](Cc2c[nH]c3ccccc23)NC(=O)Cc2cccc(F)c2)nc(C2CC2)n1. The Labute approximate surface area is 191 Å². The molecule has 3 N–H and O–H groups in total. The normalized spacial score (nSPS) is 14.2. The number of aromatic amines is 1. The molecule has 0 radical (unpaired) electrons. The average molecular weight is 444 g/mol. The van der Waals surface area contributed by atoms with Gasteiger partial charge in [0.1, 0.15) is 17.5 Å². The van der Waals surface area contributed by atoms with Gasteiger partial charge >= 0.3 is 0 Å². The number of hydrogen-bond donors (Lipinski definition) is 3. The van der Waals surface area contributed by atoms with E-state index < -0.39 is 0 Å². The zero-order chi connectivity index (χ0) is 22.8. The van der Waals surface area contributed by atoms with Gasteiger partial charge in [-0.25, -0.2) is 14.4 Å². The minimum absolute atomic E-state index is 0.0988. The van der Waals surface area contributed by atoms with Crippen LogP contribution in [0.5, 0.6) is 0 Å². The number of anilines is 1. The van der Waals surface area contributed by atoms with E-state index in [-0.39, 0.29) is 24.2 Å². The number of halogens is 1. The van der Waals surface area contributed by atoms with Crippen LogP contribution in [-0.2, 0) is 17.6 Å². The van der Waals surface area contributed by atoms with Gasteiger partial charge in [0.15, 0.2) is 0 Å². The fourth-order valence-electron chi connectivity index (χ4n) is 4.14. The maximum absolute atomic E-state index is 13.6. The van der Waals surface area contributed by atoms with Gasteiger partial charge in [0, 0.05) is 42.6 Å². The number of aromatic nitrogens is 3. The largest absolute Gasteiger partial charge is 0.373 e. The number of fused-ring (bicyclic) bond motifs is 1. The molecule has 168 valence electrons.